The number of fused-ring (bicyclic) bond motifs is 1. The van der Waals surface area contributed by atoms with Crippen molar-refractivity contribution >= 4 is 34.0 Å². The van der Waals surface area contributed by atoms with Gasteiger partial charge in [-0.3, -0.25) is 0 Å². The number of hydrogen-bond donors (Lipinski definition) is 2. The van der Waals surface area contributed by atoms with Crippen LogP contribution < -0.4 is 20.1 Å². The third kappa shape index (κ3) is 4.56. The summed E-state index contributed by atoms with van der Waals surface area (Å²) in [4.78, 5) is 8.58. The van der Waals surface area contributed by atoms with E-state index in [1.807, 2.05) is 13.0 Å². The number of hydrogen-bond acceptors (Lipinski definition) is 6. The molecule has 3 aromatic rings. The highest BCUT2D eigenvalue weighted by Crippen LogP contribution is 2.35. The van der Waals surface area contributed by atoms with Crippen LogP contribution >= 0.6 is 11.6 Å². The zero-order chi connectivity index (χ0) is 19.2. The molecule has 0 bridgehead atoms. The molecular formula is C19H20ClFN4O2. The lowest BCUT2D eigenvalue weighted by Crippen LogP contribution is -2.20. The highest BCUT2D eigenvalue weighted by atomic mass is 35.5. The number of aromatic nitrogens is 2. The van der Waals surface area contributed by atoms with Crippen molar-refractivity contribution in [2.45, 2.75) is 6.92 Å². The van der Waals surface area contributed by atoms with Crippen molar-refractivity contribution in [3.8, 4) is 11.5 Å². The fraction of sp³-hybridized carbons (Fsp3) is 0.263. The van der Waals surface area contributed by atoms with Gasteiger partial charge in [0.05, 0.1) is 17.6 Å². The molecule has 0 aliphatic carbocycles. The van der Waals surface area contributed by atoms with Crippen LogP contribution in [-0.2, 0) is 0 Å². The maximum atomic E-state index is 13.4. The van der Waals surface area contributed by atoms with Gasteiger partial charge in [0.25, 0.3) is 0 Å². The van der Waals surface area contributed by atoms with E-state index in [0.29, 0.717) is 35.1 Å². The van der Waals surface area contributed by atoms with Crippen LogP contribution in [0.25, 0.3) is 10.9 Å². The van der Waals surface area contributed by atoms with Crippen molar-refractivity contribution in [2.75, 3.05) is 32.1 Å². The lowest BCUT2D eigenvalue weighted by molar-refractivity contribution is 0.294. The van der Waals surface area contributed by atoms with E-state index in [4.69, 9.17) is 21.1 Å². The number of halogens is 2. The van der Waals surface area contributed by atoms with E-state index in [2.05, 4.69) is 20.6 Å². The fourth-order valence-corrected chi connectivity index (χ4v) is 2.74. The minimum atomic E-state index is -0.476. The summed E-state index contributed by atoms with van der Waals surface area (Å²) in [5.74, 6) is 1.27. The van der Waals surface area contributed by atoms with Gasteiger partial charge in [-0.05, 0) is 30.8 Å². The van der Waals surface area contributed by atoms with Crippen LogP contribution in [0, 0.1) is 5.82 Å². The van der Waals surface area contributed by atoms with Crippen LogP contribution in [-0.4, -0.2) is 36.8 Å². The number of ether oxygens (including phenoxy) is 2. The highest BCUT2D eigenvalue weighted by molar-refractivity contribution is 6.31. The van der Waals surface area contributed by atoms with Gasteiger partial charge in [-0.25, -0.2) is 14.4 Å². The summed E-state index contributed by atoms with van der Waals surface area (Å²) < 4.78 is 24.6. The fourth-order valence-electron chi connectivity index (χ4n) is 2.56. The number of anilines is 2. The SMILES string of the molecule is CCNCCOc1cc2c(Nc3ccc(F)c(Cl)c3)ncnc2cc1OC. The van der Waals surface area contributed by atoms with Crippen molar-refractivity contribution in [1.29, 1.82) is 0 Å². The number of nitrogens with one attached hydrogen (secondary N) is 2. The van der Waals surface area contributed by atoms with Crippen molar-refractivity contribution in [2.24, 2.45) is 0 Å². The zero-order valence-corrected chi connectivity index (χ0v) is 15.8. The van der Waals surface area contributed by atoms with Crippen LogP contribution in [0.3, 0.4) is 0 Å². The number of methoxy groups -OCH3 is 1. The molecule has 27 heavy (non-hydrogen) atoms. The predicted octanol–water partition coefficient (Wildman–Crippen LogP) is 4.16. The Balaban J connectivity index is 1.94. The van der Waals surface area contributed by atoms with Gasteiger partial charge < -0.3 is 20.1 Å². The van der Waals surface area contributed by atoms with Crippen LogP contribution in [0.5, 0.6) is 11.5 Å². The standard InChI is InChI=1S/C19H20ClFN4O2/c1-3-22-6-7-27-18-9-13-16(10-17(18)26-2)23-11-24-19(13)25-12-4-5-15(21)14(20)8-12/h4-5,8-11,22H,3,6-7H2,1-2H3,(H,23,24,25). The quantitative estimate of drug-likeness (QED) is 0.563. The number of likely N-dealkylation sites (N-methyl/N-ethyl adjacent to an activating group) is 1. The van der Waals surface area contributed by atoms with Gasteiger partial charge in [0.1, 0.15) is 24.6 Å². The predicted molar refractivity (Wildman–Crippen MR) is 105 cm³/mol. The number of rotatable bonds is 8. The summed E-state index contributed by atoms with van der Waals surface area (Å²) >= 11 is 5.86. The van der Waals surface area contributed by atoms with Crippen LogP contribution in [0.4, 0.5) is 15.9 Å². The number of nitrogens with zero attached hydrogens (tertiary/aromatic N) is 2. The molecule has 2 N–H and O–H groups in total. The Morgan fingerprint density at radius 1 is 1.15 bits per heavy atom. The van der Waals surface area contributed by atoms with Crippen molar-refractivity contribution in [1.82, 2.24) is 15.3 Å². The number of benzene rings is 2. The molecule has 3 rings (SSSR count). The summed E-state index contributed by atoms with van der Waals surface area (Å²) in [7, 11) is 1.58. The van der Waals surface area contributed by atoms with Crippen LogP contribution in [0.2, 0.25) is 5.02 Å². The van der Waals surface area contributed by atoms with E-state index < -0.39 is 5.82 Å². The van der Waals surface area contributed by atoms with Gasteiger partial charge in [-0.15, -0.1) is 0 Å². The Morgan fingerprint density at radius 2 is 2.00 bits per heavy atom. The Bertz CT molecular complexity index is 939. The highest BCUT2D eigenvalue weighted by Gasteiger charge is 2.12. The molecule has 1 aromatic heterocycles. The molecule has 0 radical (unpaired) electrons. The molecule has 8 heteroatoms. The van der Waals surface area contributed by atoms with Crippen molar-refractivity contribution in [3.63, 3.8) is 0 Å². The van der Waals surface area contributed by atoms with E-state index in [1.54, 1.807) is 19.2 Å². The third-order valence-electron chi connectivity index (χ3n) is 3.89. The van der Waals surface area contributed by atoms with Crippen LogP contribution in [0.1, 0.15) is 6.92 Å². The molecule has 2 aromatic carbocycles. The maximum Gasteiger partial charge on any atom is 0.162 e. The van der Waals surface area contributed by atoms with Gasteiger partial charge in [-0.2, -0.15) is 0 Å². The summed E-state index contributed by atoms with van der Waals surface area (Å²) in [6.45, 7) is 4.13. The zero-order valence-electron chi connectivity index (χ0n) is 15.1. The monoisotopic (exact) mass is 390 g/mol. The second kappa shape index (κ2) is 8.83. The summed E-state index contributed by atoms with van der Waals surface area (Å²) in [6.07, 6.45) is 1.45. The molecule has 0 spiro atoms. The minimum absolute atomic E-state index is 0.0347. The molecular weight excluding hydrogens is 371 g/mol. The van der Waals surface area contributed by atoms with Gasteiger partial charge in [-0.1, -0.05) is 18.5 Å². The second-order valence-corrected chi connectivity index (χ2v) is 6.11. The Hall–Kier alpha value is -2.64. The van der Waals surface area contributed by atoms with E-state index in [9.17, 15) is 4.39 Å². The molecule has 0 saturated carbocycles. The van der Waals surface area contributed by atoms with Crippen molar-refractivity contribution in [3.05, 3.63) is 47.5 Å². The average molecular weight is 391 g/mol. The molecule has 0 fully saturated rings. The van der Waals surface area contributed by atoms with E-state index in [0.717, 1.165) is 18.5 Å². The smallest absolute Gasteiger partial charge is 0.162 e. The molecule has 0 aliphatic heterocycles. The van der Waals surface area contributed by atoms with E-state index in [-0.39, 0.29) is 5.02 Å². The molecule has 0 unspecified atom stereocenters. The lowest BCUT2D eigenvalue weighted by atomic mass is 10.2. The van der Waals surface area contributed by atoms with E-state index >= 15 is 0 Å². The van der Waals surface area contributed by atoms with Crippen molar-refractivity contribution < 1.29 is 13.9 Å². The van der Waals surface area contributed by atoms with Gasteiger partial charge >= 0.3 is 0 Å². The molecule has 6 nitrogen and oxygen atoms in total. The second-order valence-electron chi connectivity index (χ2n) is 5.70. The summed E-state index contributed by atoms with van der Waals surface area (Å²) in [5.41, 5.74) is 1.31. The first-order valence-electron chi connectivity index (χ1n) is 8.50. The first-order chi connectivity index (χ1) is 13.1. The average Bonchev–Trinajstić information content (AvgIpc) is 2.68. The molecule has 0 aliphatic rings. The third-order valence-corrected chi connectivity index (χ3v) is 4.18. The minimum Gasteiger partial charge on any atom is -0.493 e. The Morgan fingerprint density at radius 3 is 2.74 bits per heavy atom. The summed E-state index contributed by atoms with van der Waals surface area (Å²) in [6, 6.07) is 8.01. The van der Waals surface area contributed by atoms with Gasteiger partial charge in [0, 0.05) is 23.7 Å². The largest absolute Gasteiger partial charge is 0.493 e. The van der Waals surface area contributed by atoms with Crippen LogP contribution in [0.15, 0.2) is 36.7 Å². The van der Waals surface area contributed by atoms with Gasteiger partial charge in [0.15, 0.2) is 11.5 Å². The molecule has 0 saturated heterocycles. The molecule has 0 amide bonds. The molecule has 0 atom stereocenters. The first-order valence-corrected chi connectivity index (χ1v) is 8.88. The topological polar surface area (TPSA) is 68.3 Å². The first kappa shape index (κ1) is 19.1. The maximum absolute atomic E-state index is 13.4. The molecule has 1 heterocycles. The molecule has 142 valence electrons. The normalized spacial score (nSPS) is 10.8. The Labute approximate surface area is 161 Å². The lowest BCUT2D eigenvalue weighted by Gasteiger charge is -2.14. The summed E-state index contributed by atoms with van der Waals surface area (Å²) in [5, 5.41) is 7.13. The Kier molecular flexibility index (Phi) is 6.26. The van der Waals surface area contributed by atoms with Gasteiger partial charge in [0.2, 0.25) is 0 Å². The van der Waals surface area contributed by atoms with E-state index in [1.165, 1.54) is 18.5 Å².